The number of ether oxygens (including phenoxy) is 3. The van der Waals surface area contributed by atoms with Crippen LogP contribution in [0.15, 0.2) is 24.3 Å². The normalized spacial score (nSPS) is 16.4. The van der Waals surface area contributed by atoms with Gasteiger partial charge >= 0.3 is 6.16 Å². The first-order valence-electron chi connectivity index (χ1n) is 12.4. The van der Waals surface area contributed by atoms with Crippen LogP contribution in [0.25, 0.3) is 10.9 Å². The third-order valence-electron chi connectivity index (χ3n) is 6.30. The van der Waals surface area contributed by atoms with E-state index in [2.05, 4.69) is 25.7 Å². The molecule has 0 spiro atoms. The molecule has 3 atom stereocenters. The summed E-state index contributed by atoms with van der Waals surface area (Å²) in [5, 5.41) is 8.84. The van der Waals surface area contributed by atoms with E-state index >= 15 is 0 Å². The van der Waals surface area contributed by atoms with Gasteiger partial charge in [0.25, 0.3) is 5.91 Å². The SMILES string of the molecule is COC(=O)OCC(=O)C(C[C@@H]1CCNC1=O)NC(=O)C(CC(C)C)NC(=O)c1cc2c(OC)cccc2[nH]1. The number of hydrogen-bond donors (Lipinski definition) is 4. The van der Waals surface area contributed by atoms with E-state index in [1.807, 2.05) is 13.8 Å². The molecular weight excluding hydrogens is 496 g/mol. The molecule has 1 fully saturated rings. The van der Waals surface area contributed by atoms with Crippen molar-refractivity contribution in [2.45, 2.75) is 45.2 Å². The molecule has 2 aromatic rings. The summed E-state index contributed by atoms with van der Waals surface area (Å²) in [6.45, 7) is 3.63. The minimum absolute atomic E-state index is 0.0328. The van der Waals surface area contributed by atoms with Gasteiger partial charge < -0.3 is 35.1 Å². The smallest absolute Gasteiger partial charge is 0.496 e. The fourth-order valence-corrected chi connectivity index (χ4v) is 4.35. The highest BCUT2D eigenvalue weighted by molar-refractivity contribution is 6.02. The summed E-state index contributed by atoms with van der Waals surface area (Å²) in [7, 11) is 2.64. The van der Waals surface area contributed by atoms with Crippen LogP contribution in [0.3, 0.4) is 0 Å². The Morgan fingerprint density at radius 1 is 1.11 bits per heavy atom. The summed E-state index contributed by atoms with van der Waals surface area (Å²) in [4.78, 5) is 65.8. The number of nitrogens with one attached hydrogen (secondary N) is 4. The van der Waals surface area contributed by atoms with Gasteiger partial charge in [0.05, 0.1) is 20.3 Å². The summed E-state index contributed by atoms with van der Waals surface area (Å²) < 4.78 is 14.5. The molecule has 1 saturated heterocycles. The third kappa shape index (κ3) is 7.24. The number of rotatable bonds is 12. The number of hydrogen-bond acceptors (Lipinski definition) is 8. The van der Waals surface area contributed by atoms with Crippen LogP contribution in [0.5, 0.6) is 5.75 Å². The van der Waals surface area contributed by atoms with E-state index in [9.17, 15) is 24.0 Å². The molecule has 3 amide bonds. The quantitative estimate of drug-likeness (QED) is 0.301. The van der Waals surface area contributed by atoms with Crippen LogP contribution in [0.2, 0.25) is 0 Å². The first-order chi connectivity index (χ1) is 18.1. The average Bonchev–Trinajstić information content (AvgIpc) is 3.51. The van der Waals surface area contributed by atoms with Crippen molar-refractivity contribution < 1.29 is 38.2 Å². The lowest BCUT2D eigenvalue weighted by Crippen LogP contribution is -2.53. The van der Waals surface area contributed by atoms with E-state index in [4.69, 9.17) is 9.47 Å². The van der Waals surface area contributed by atoms with Gasteiger partial charge in [-0.05, 0) is 43.4 Å². The second-order valence-electron chi connectivity index (χ2n) is 9.54. The minimum Gasteiger partial charge on any atom is -0.496 e. The van der Waals surface area contributed by atoms with E-state index in [0.29, 0.717) is 30.7 Å². The topological polar surface area (TPSA) is 165 Å². The number of methoxy groups -OCH3 is 2. The van der Waals surface area contributed by atoms with Crippen LogP contribution < -0.4 is 20.7 Å². The summed E-state index contributed by atoms with van der Waals surface area (Å²) in [5.74, 6) is -1.76. The van der Waals surface area contributed by atoms with Crippen molar-refractivity contribution in [1.29, 1.82) is 0 Å². The van der Waals surface area contributed by atoms with Crippen molar-refractivity contribution >= 4 is 40.6 Å². The highest BCUT2D eigenvalue weighted by atomic mass is 16.7. The lowest BCUT2D eigenvalue weighted by atomic mass is 9.95. The molecule has 0 saturated carbocycles. The molecule has 38 heavy (non-hydrogen) atoms. The van der Waals surface area contributed by atoms with Crippen LogP contribution in [0.4, 0.5) is 4.79 Å². The van der Waals surface area contributed by atoms with Crippen LogP contribution in [0, 0.1) is 11.8 Å². The Kier molecular flexibility index (Phi) is 9.69. The Balaban J connectivity index is 1.76. The largest absolute Gasteiger partial charge is 0.508 e. The Hall–Kier alpha value is -4.09. The molecular formula is C26H34N4O8. The number of fused-ring (bicyclic) bond motifs is 1. The summed E-state index contributed by atoms with van der Waals surface area (Å²) >= 11 is 0. The lowest BCUT2D eigenvalue weighted by Gasteiger charge is -2.25. The van der Waals surface area contributed by atoms with Gasteiger partial charge in [0.15, 0.2) is 12.4 Å². The van der Waals surface area contributed by atoms with E-state index in [1.165, 1.54) is 7.11 Å². The zero-order valence-electron chi connectivity index (χ0n) is 21.9. The highest BCUT2D eigenvalue weighted by Gasteiger charge is 2.34. The van der Waals surface area contributed by atoms with Gasteiger partial charge in [-0.25, -0.2) is 4.79 Å². The van der Waals surface area contributed by atoms with Crippen LogP contribution >= 0.6 is 0 Å². The van der Waals surface area contributed by atoms with Crippen LogP contribution in [-0.2, 0) is 23.9 Å². The van der Waals surface area contributed by atoms with Crippen molar-refractivity contribution in [3.05, 3.63) is 30.0 Å². The van der Waals surface area contributed by atoms with Gasteiger partial charge in [-0.1, -0.05) is 19.9 Å². The molecule has 12 nitrogen and oxygen atoms in total. The highest BCUT2D eigenvalue weighted by Crippen LogP contribution is 2.26. The van der Waals surface area contributed by atoms with Crippen LogP contribution in [-0.4, -0.2) is 74.1 Å². The van der Waals surface area contributed by atoms with Gasteiger partial charge in [0, 0.05) is 23.4 Å². The molecule has 4 N–H and O–H groups in total. The Morgan fingerprint density at radius 2 is 1.87 bits per heavy atom. The molecule has 206 valence electrons. The van der Waals surface area contributed by atoms with Crippen molar-refractivity contribution in [3.8, 4) is 5.75 Å². The van der Waals surface area contributed by atoms with Crippen LogP contribution in [0.1, 0.15) is 43.6 Å². The second-order valence-corrected chi connectivity index (χ2v) is 9.54. The Labute approximate surface area is 220 Å². The molecule has 3 rings (SSSR count). The number of H-pyrrole nitrogens is 1. The van der Waals surface area contributed by atoms with E-state index in [1.54, 1.807) is 24.3 Å². The first kappa shape index (κ1) is 28.5. The Bertz CT molecular complexity index is 1190. The number of benzene rings is 1. The van der Waals surface area contributed by atoms with Crippen molar-refractivity contribution in [2.75, 3.05) is 27.4 Å². The maximum Gasteiger partial charge on any atom is 0.508 e. The van der Waals surface area contributed by atoms with Gasteiger partial charge in [-0.2, -0.15) is 0 Å². The summed E-state index contributed by atoms with van der Waals surface area (Å²) in [6.07, 6.45) is -0.204. The standard InChI is InChI=1S/C26H34N4O8/c1-14(2)10-19(30-25(34)20-12-16-17(28-20)6-5-7-22(16)36-3)24(33)29-18(11-15-8-9-27-23(15)32)21(31)13-38-26(35)37-4/h5-7,12,14-15,18-19,28H,8-11,13H2,1-4H3,(H,27,32)(H,29,33)(H,30,34)/t15-,18?,19?/m0/s1. The van der Waals surface area contributed by atoms with E-state index in [0.717, 1.165) is 12.5 Å². The molecule has 0 bridgehead atoms. The predicted octanol–water partition coefficient (Wildman–Crippen LogP) is 1.68. The molecule has 2 unspecified atom stereocenters. The van der Waals surface area contributed by atoms with Gasteiger partial charge in [0.1, 0.15) is 17.5 Å². The number of aromatic amines is 1. The van der Waals surface area contributed by atoms with E-state index < -0.39 is 48.4 Å². The van der Waals surface area contributed by atoms with Crippen molar-refractivity contribution in [3.63, 3.8) is 0 Å². The number of carbonyl (C=O) groups is 5. The number of carbonyl (C=O) groups excluding carboxylic acids is 5. The average molecular weight is 531 g/mol. The maximum absolute atomic E-state index is 13.3. The minimum atomic E-state index is -1.11. The first-order valence-corrected chi connectivity index (χ1v) is 12.4. The predicted molar refractivity (Wildman–Crippen MR) is 137 cm³/mol. The molecule has 1 aromatic carbocycles. The zero-order valence-corrected chi connectivity index (χ0v) is 21.9. The van der Waals surface area contributed by atoms with E-state index in [-0.39, 0.29) is 23.9 Å². The summed E-state index contributed by atoms with van der Waals surface area (Å²) in [5.41, 5.74) is 0.943. The number of amides is 3. The maximum atomic E-state index is 13.3. The van der Waals surface area contributed by atoms with Gasteiger partial charge in [-0.15, -0.1) is 0 Å². The number of aromatic nitrogens is 1. The van der Waals surface area contributed by atoms with Gasteiger partial charge in [0.2, 0.25) is 11.8 Å². The molecule has 1 aliphatic heterocycles. The Morgan fingerprint density at radius 3 is 2.50 bits per heavy atom. The zero-order chi connectivity index (χ0) is 27.8. The van der Waals surface area contributed by atoms with Crippen molar-refractivity contribution in [1.82, 2.24) is 20.9 Å². The molecule has 1 aliphatic rings. The molecule has 0 radical (unpaired) electrons. The van der Waals surface area contributed by atoms with Crippen molar-refractivity contribution in [2.24, 2.45) is 11.8 Å². The number of Topliss-reactive ketones (excluding diaryl/α,β-unsaturated/α-hetero) is 1. The third-order valence-corrected chi connectivity index (χ3v) is 6.30. The molecule has 12 heteroatoms. The molecule has 0 aliphatic carbocycles. The monoisotopic (exact) mass is 530 g/mol. The molecule has 1 aromatic heterocycles. The number of ketones is 1. The fourth-order valence-electron chi connectivity index (χ4n) is 4.35. The fraction of sp³-hybridized carbons (Fsp3) is 0.500. The summed E-state index contributed by atoms with van der Waals surface area (Å²) in [6, 6.07) is 4.94. The second kappa shape index (κ2) is 12.9. The molecule has 2 heterocycles. The lowest BCUT2D eigenvalue weighted by molar-refractivity contribution is -0.132. The van der Waals surface area contributed by atoms with Gasteiger partial charge in [-0.3, -0.25) is 19.2 Å².